The fourth-order valence-electron chi connectivity index (χ4n) is 3.53. The predicted molar refractivity (Wildman–Crippen MR) is 86.6 cm³/mol. The van der Waals surface area contributed by atoms with E-state index in [-0.39, 0.29) is 0 Å². The summed E-state index contributed by atoms with van der Waals surface area (Å²) in [5.74, 6) is 1.86. The Hall–Kier alpha value is -0.0400. The van der Waals surface area contributed by atoms with Crippen molar-refractivity contribution in [1.29, 1.82) is 0 Å². The van der Waals surface area contributed by atoms with E-state index >= 15 is 0 Å². The van der Waals surface area contributed by atoms with Crippen LogP contribution in [0.4, 0.5) is 0 Å². The zero-order valence-corrected chi connectivity index (χ0v) is 13.9. The molecule has 0 bridgehead atoms. The average Bonchev–Trinajstić information content (AvgIpc) is 2.60. The smallest absolute Gasteiger partial charge is 0.00696 e. The molecule has 0 saturated heterocycles. The molecular weight excluding hydrogens is 230 g/mol. The van der Waals surface area contributed by atoms with Crippen molar-refractivity contribution in [2.24, 2.45) is 11.8 Å². The summed E-state index contributed by atoms with van der Waals surface area (Å²) in [7, 11) is 0. The maximum atomic E-state index is 3.90. The summed E-state index contributed by atoms with van der Waals surface area (Å²) < 4.78 is 0. The Kier molecular flexibility index (Phi) is 8.77. The molecule has 3 unspecified atom stereocenters. The van der Waals surface area contributed by atoms with Crippen LogP contribution in [0.5, 0.6) is 0 Å². The zero-order chi connectivity index (χ0) is 14.1. The van der Waals surface area contributed by atoms with Crippen LogP contribution < -0.4 is 5.32 Å². The Balaban J connectivity index is 2.17. The summed E-state index contributed by atoms with van der Waals surface area (Å²) in [6.07, 6.45) is 14.1. The highest BCUT2D eigenvalue weighted by Gasteiger charge is 2.21. The minimum atomic E-state index is 0.720. The second kappa shape index (κ2) is 9.80. The van der Waals surface area contributed by atoms with E-state index in [0.29, 0.717) is 0 Å². The van der Waals surface area contributed by atoms with Gasteiger partial charge < -0.3 is 5.32 Å². The van der Waals surface area contributed by atoms with Gasteiger partial charge in [-0.2, -0.15) is 0 Å². The predicted octanol–water partition coefficient (Wildman–Crippen LogP) is 5.54. The largest absolute Gasteiger partial charge is 0.312 e. The molecule has 0 radical (unpaired) electrons. The van der Waals surface area contributed by atoms with Crippen LogP contribution in [0.1, 0.15) is 91.9 Å². The lowest BCUT2D eigenvalue weighted by molar-refractivity contribution is 0.332. The molecule has 1 saturated carbocycles. The Bertz CT molecular complexity index is 212. The molecule has 0 aromatic heterocycles. The number of rotatable bonds is 8. The van der Waals surface area contributed by atoms with Crippen LogP contribution in [0.3, 0.4) is 0 Å². The standard InChI is InChI=1S/C18H37N/c1-5-6-7-8-10-16(4)19-18-12-9-11-17(13-14-18)15(2)3/h15-19H,5-14H2,1-4H3. The van der Waals surface area contributed by atoms with Gasteiger partial charge in [0, 0.05) is 12.1 Å². The van der Waals surface area contributed by atoms with Crippen LogP contribution in [0.25, 0.3) is 0 Å². The number of unbranched alkanes of at least 4 members (excludes halogenated alkanes) is 3. The summed E-state index contributed by atoms with van der Waals surface area (Å²) in [5.41, 5.74) is 0. The first-order valence-corrected chi connectivity index (χ1v) is 8.89. The molecule has 0 heterocycles. The highest BCUT2D eigenvalue weighted by molar-refractivity contribution is 4.78. The SMILES string of the molecule is CCCCCCC(C)NC1CCCC(C(C)C)CC1. The van der Waals surface area contributed by atoms with E-state index in [4.69, 9.17) is 0 Å². The van der Waals surface area contributed by atoms with Crippen LogP contribution in [-0.2, 0) is 0 Å². The molecule has 3 atom stereocenters. The van der Waals surface area contributed by atoms with Gasteiger partial charge in [0.05, 0.1) is 0 Å². The van der Waals surface area contributed by atoms with Crippen molar-refractivity contribution in [3.63, 3.8) is 0 Å². The maximum absolute atomic E-state index is 3.90. The Morgan fingerprint density at radius 2 is 1.74 bits per heavy atom. The summed E-state index contributed by atoms with van der Waals surface area (Å²) in [6.45, 7) is 9.47. The third-order valence-electron chi connectivity index (χ3n) is 4.97. The van der Waals surface area contributed by atoms with E-state index in [9.17, 15) is 0 Å². The fourth-order valence-corrected chi connectivity index (χ4v) is 3.53. The van der Waals surface area contributed by atoms with Crippen LogP contribution in [0, 0.1) is 11.8 Å². The van der Waals surface area contributed by atoms with Gasteiger partial charge in [-0.3, -0.25) is 0 Å². The van der Waals surface area contributed by atoms with E-state index in [2.05, 4.69) is 33.0 Å². The summed E-state index contributed by atoms with van der Waals surface area (Å²) in [5, 5.41) is 3.90. The van der Waals surface area contributed by atoms with Crippen molar-refractivity contribution in [3.8, 4) is 0 Å². The van der Waals surface area contributed by atoms with E-state index in [1.807, 2.05) is 0 Å². The van der Waals surface area contributed by atoms with Gasteiger partial charge in [0.15, 0.2) is 0 Å². The van der Waals surface area contributed by atoms with E-state index in [0.717, 1.165) is 23.9 Å². The topological polar surface area (TPSA) is 12.0 Å². The molecule has 1 fully saturated rings. The summed E-state index contributed by atoms with van der Waals surface area (Å²) >= 11 is 0. The van der Waals surface area contributed by atoms with Crippen LogP contribution in [0.15, 0.2) is 0 Å². The highest BCUT2D eigenvalue weighted by atomic mass is 14.9. The van der Waals surface area contributed by atoms with E-state index in [1.54, 1.807) is 0 Å². The van der Waals surface area contributed by atoms with Gasteiger partial charge >= 0.3 is 0 Å². The number of nitrogens with one attached hydrogen (secondary N) is 1. The van der Waals surface area contributed by atoms with Gasteiger partial charge in [-0.15, -0.1) is 0 Å². The zero-order valence-electron chi connectivity index (χ0n) is 13.9. The van der Waals surface area contributed by atoms with Crippen LogP contribution in [0.2, 0.25) is 0 Å². The second-order valence-corrected chi connectivity index (χ2v) is 7.13. The molecule has 1 N–H and O–H groups in total. The second-order valence-electron chi connectivity index (χ2n) is 7.13. The molecule has 0 spiro atoms. The van der Waals surface area contributed by atoms with Gasteiger partial charge in [0.25, 0.3) is 0 Å². The Morgan fingerprint density at radius 1 is 0.947 bits per heavy atom. The van der Waals surface area contributed by atoms with Crippen molar-refractivity contribution < 1.29 is 0 Å². The molecule has 19 heavy (non-hydrogen) atoms. The molecule has 1 rings (SSSR count). The van der Waals surface area contributed by atoms with Crippen molar-refractivity contribution in [1.82, 2.24) is 5.32 Å². The molecular formula is C18H37N. The molecule has 1 nitrogen and oxygen atoms in total. The van der Waals surface area contributed by atoms with E-state index in [1.165, 1.54) is 64.2 Å². The monoisotopic (exact) mass is 267 g/mol. The van der Waals surface area contributed by atoms with Crippen LogP contribution >= 0.6 is 0 Å². The molecule has 0 amide bonds. The summed E-state index contributed by atoms with van der Waals surface area (Å²) in [6, 6.07) is 1.52. The lowest BCUT2D eigenvalue weighted by Gasteiger charge is -2.23. The molecule has 1 heteroatoms. The third-order valence-corrected chi connectivity index (χ3v) is 4.97. The van der Waals surface area contributed by atoms with Crippen molar-refractivity contribution in [2.45, 2.75) is 104 Å². The number of hydrogen-bond donors (Lipinski definition) is 1. The maximum Gasteiger partial charge on any atom is 0.00696 e. The first-order valence-electron chi connectivity index (χ1n) is 8.89. The third kappa shape index (κ3) is 7.34. The van der Waals surface area contributed by atoms with Gasteiger partial charge in [0.1, 0.15) is 0 Å². The molecule has 1 aliphatic carbocycles. The molecule has 1 aliphatic rings. The van der Waals surface area contributed by atoms with Gasteiger partial charge in [-0.25, -0.2) is 0 Å². The van der Waals surface area contributed by atoms with E-state index < -0.39 is 0 Å². The Labute approximate surface area is 121 Å². The molecule has 0 aromatic carbocycles. The van der Waals surface area contributed by atoms with Crippen molar-refractivity contribution in [2.75, 3.05) is 0 Å². The lowest BCUT2D eigenvalue weighted by Crippen LogP contribution is -2.36. The lowest BCUT2D eigenvalue weighted by atomic mass is 9.89. The van der Waals surface area contributed by atoms with Gasteiger partial charge in [0.2, 0.25) is 0 Å². The highest BCUT2D eigenvalue weighted by Crippen LogP contribution is 2.29. The first-order chi connectivity index (χ1) is 9.13. The molecule has 0 aliphatic heterocycles. The summed E-state index contributed by atoms with van der Waals surface area (Å²) in [4.78, 5) is 0. The molecule has 114 valence electrons. The van der Waals surface area contributed by atoms with Gasteiger partial charge in [-0.05, 0) is 44.4 Å². The van der Waals surface area contributed by atoms with Crippen molar-refractivity contribution in [3.05, 3.63) is 0 Å². The molecule has 0 aromatic rings. The average molecular weight is 268 g/mol. The Morgan fingerprint density at radius 3 is 2.42 bits per heavy atom. The first kappa shape index (κ1) is 17.0. The van der Waals surface area contributed by atoms with Crippen molar-refractivity contribution >= 4 is 0 Å². The normalized spacial score (nSPS) is 26.4. The van der Waals surface area contributed by atoms with Gasteiger partial charge in [-0.1, -0.05) is 59.3 Å². The quantitative estimate of drug-likeness (QED) is 0.450. The van der Waals surface area contributed by atoms with Crippen LogP contribution in [-0.4, -0.2) is 12.1 Å². The number of hydrogen-bond acceptors (Lipinski definition) is 1. The minimum absolute atomic E-state index is 0.720. The minimum Gasteiger partial charge on any atom is -0.312 e. The fraction of sp³-hybridized carbons (Fsp3) is 1.00.